The number of halogens is 1. The minimum atomic E-state index is 0.0185. The van der Waals surface area contributed by atoms with Crippen LogP contribution in [0.1, 0.15) is 12.8 Å². The van der Waals surface area contributed by atoms with Gasteiger partial charge in [0.15, 0.2) is 0 Å². The summed E-state index contributed by atoms with van der Waals surface area (Å²) in [5, 5.41) is 0. The SMILES string of the molecule is Cl[C@@H]1CCCO1. The number of alkyl halides is 1. The van der Waals surface area contributed by atoms with Crippen molar-refractivity contribution in [3.8, 4) is 0 Å². The van der Waals surface area contributed by atoms with Crippen LogP contribution in [0.4, 0.5) is 0 Å². The van der Waals surface area contributed by atoms with Crippen LogP contribution in [0.3, 0.4) is 0 Å². The smallest absolute Gasteiger partial charge is 0.131 e. The molecule has 0 N–H and O–H groups in total. The molecule has 0 aliphatic carbocycles. The number of hydrogen-bond donors (Lipinski definition) is 0. The molecule has 1 heterocycles. The van der Waals surface area contributed by atoms with Crippen molar-refractivity contribution in [1.82, 2.24) is 0 Å². The summed E-state index contributed by atoms with van der Waals surface area (Å²) in [4.78, 5) is 0. The third-order valence-corrected chi connectivity index (χ3v) is 1.22. The zero-order valence-corrected chi connectivity index (χ0v) is 4.24. The fourth-order valence-electron chi connectivity index (χ4n) is 0.538. The summed E-state index contributed by atoms with van der Waals surface area (Å²) in [5.74, 6) is 0. The summed E-state index contributed by atoms with van der Waals surface area (Å²) in [7, 11) is 0. The van der Waals surface area contributed by atoms with Gasteiger partial charge < -0.3 is 4.74 Å². The van der Waals surface area contributed by atoms with Crippen molar-refractivity contribution in [2.45, 2.75) is 18.4 Å². The largest absolute Gasteiger partial charge is 0.362 e. The fourth-order valence-corrected chi connectivity index (χ4v) is 0.782. The van der Waals surface area contributed by atoms with E-state index in [0.717, 1.165) is 19.4 Å². The summed E-state index contributed by atoms with van der Waals surface area (Å²) in [6.45, 7) is 0.855. The van der Waals surface area contributed by atoms with Gasteiger partial charge in [-0.05, 0) is 12.8 Å². The van der Waals surface area contributed by atoms with Gasteiger partial charge in [0, 0.05) is 6.61 Å². The molecule has 0 saturated carbocycles. The molecule has 0 spiro atoms. The minimum Gasteiger partial charge on any atom is -0.362 e. The second kappa shape index (κ2) is 1.80. The number of hydrogen-bond acceptors (Lipinski definition) is 1. The maximum absolute atomic E-state index is 5.49. The molecule has 0 radical (unpaired) electrons. The normalized spacial score (nSPS) is 34.5. The molecule has 0 bridgehead atoms. The Morgan fingerprint density at radius 2 is 2.50 bits per heavy atom. The van der Waals surface area contributed by atoms with E-state index in [1.807, 2.05) is 0 Å². The molecule has 1 rings (SSSR count). The van der Waals surface area contributed by atoms with E-state index in [2.05, 4.69) is 0 Å². The summed E-state index contributed by atoms with van der Waals surface area (Å²) >= 11 is 5.49. The molecule has 0 aromatic heterocycles. The van der Waals surface area contributed by atoms with Gasteiger partial charge in [0.05, 0.1) is 0 Å². The molecule has 1 aliphatic rings. The van der Waals surface area contributed by atoms with Crippen LogP contribution in [0.2, 0.25) is 0 Å². The van der Waals surface area contributed by atoms with Crippen molar-refractivity contribution < 1.29 is 4.74 Å². The number of rotatable bonds is 0. The van der Waals surface area contributed by atoms with Crippen molar-refractivity contribution in [2.24, 2.45) is 0 Å². The predicted octanol–water partition coefficient (Wildman–Crippen LogP) is 1.36. The van der Waals surface area contributed by atoms with E-state index in [4.69, 9.17) is 16.3 Å². The first-order valence-electron chi connectivity index (χ1n) is 2.15. The Morgan fingerprint density at radius 1 is 1.67 bits per heavy atom. The van der Waals surface area contributed by atoms with Gasteiger partial charge in [-0.1, -0.05) is 11.6 Å². The molecule has 1 nitrogen and oxygen atoms in total. The molecular weight excluding hydrogens is 99.5 g/mol. The Hall–Kier alpha value is 0.250. The van der Waals surface area contributed by atoms with Gasteiger partial charge in [-0.3, -0.25) is 0 Å². The van der Waals surface area contributed by atoms with Crippen LogP contribution in [0, 0.1) is 0 Å². The van der Waals surface area contributed by atoms with Gasteiger partial charge in [-0.2, -0.15) is 0 Å². The van der Waals surface area contributed by atoms with Crippen LogP contribution < -0.4 is 0 Å². The van der Waals surface area contributed by atoms with Crippen LogP contribution in [-0.2, 0) is 4.74 Å². The van der Waals surface area contributed by atoms with Crippen molar-refractivity contribution >= 4 is 11.6 Å². The quantitative estimate of drug-likeness (QED) is 0.424. The van der Waals surface area contributed by atoms with Crippen molar-refractivity contribution in [2.75, 3.05) is 6.61 Å². The average Bonchev–Trinajstić information content (AvgIpc) is 1.86. The van der Waals surface area contributed by atoms with Crippen LogP contribution in [0.15, 0.2) is 0 Å². The highest BCUT2D eigenvalue weighted by Crippen LogP contribution is 2.14. The molecule has 0 aromatic carbocycles. The van der Waals surface area contributed by atoms with E-state index in [0.29, 0.717) is 0 Å². The highest BCUT2D eigenvalue weighted by Gasteiger charge is 2.09. The summed E-state index contributed by atoms with van der Waals surface area (Å²) in [5.41, 5.74) is 0.0185. The summed E-state index contributed by atoms with van der Waals surface area (Å²) in [6.07, 6.45) is 2.16. The molecule has 36 valence electrons. The highest BCUT2D eigenvalue weighted by atomic mass is 35.5. The van der Waals surface area contributed by atoms with E-state index in [-0.39, 0.29) is 5.56 Å². The molecule has 1 atom stereocenters. The molecule has 1 saturated heterocycles. The molecule has 1 aliphatic heterocycles. The van der Waals surface area contributed by atoms with Gasteiger partial charge in [-0.15, -0.1) is 0 Å². The maximum atomic E-state index is 5.49. The Morgan fingerprint density at radius 3 is 2.67 bits per heavy atom. The summed E-state index contributed by atoms with van der Waals surface area (Å²) in [6, 6.07) is 0. The minimum absolute atomic E-state index is 0.0185. The Bertz CT molecular complexity index is 40.8. The van der Waals surface area contributed by atoms with E-state index in [1.54, 1.807) is 0 Å². The second-order valence-electron chi connectivity index (χ2n) is 1.42. The monoisotopic (exact) mass is 106 g/mol. The number of ether oxygens (including phenoxy) is 1. The Balaban J connectivity index is 2.18. The highest BCUT2D eigenvalue weighted by molar-refractivity contribution is 6.19. The molecule has 0 unspecified atom stereocenters. The topological polar surface area (TPSA) is 9.23 Å². The lowest BCUT2D eigenvalue weighted by Gasteiger charge is -1.91. The predicted molar refractivity (Wildman–Crippen MR) is 24.8 cm³/mol. The third kappa shape index (κ3) is 0.854. The van der Waals surface area contributed by atoms with Crippen molar-refractivity contribution in [1.29, 1.82) is 0 Å². The molecule has 2 heteroatoms. The first-order chi connectivity index (χ1) is 2.89. The lowest BCUT2D eigenvalue weighted by Crippen LogP contribution is -1.89. The van der Waals surface area contributed by atoms with Crippen molar-refractivity contribution in [3.05, 3.63) is 0 Å². The van der Waals surface area contributed by atoms with Gasteiger partial charge in [0.1, 0.15) is 5.56 Å². The first kappa shape index (κ1) is 4.41. The molecule has 0 amide bonds. The lowest BCUT2D eigenvalue weighted by atomic mass is 10.4. The molecule has 1 fully saturated rings. The molecule has 6 heavy (non-hydrogen) atoms. The van der Waals surface area contributed by atoms with Crippen molar-refractivity contribution in [3.63, 3.8) is 0 Å². The zero-order chi connectivity index (χ0) is 4.41. The fraction of sp³-hybridized carbons (Fsp3) is 1.00. The average molecular weight is 107 g/mol. The third-order valence-electron chi connectivity index (χ3n) is 0.874. The van der Waals surface area contributed by atoms with E-state index >= 15 is 0 Å². The summed E-state index contributed by atoms with van der Waals surface area (Å²) < 4.78 is 4.92. The lowest BCUT2D eigenvalue weighted by molar-refractivity contribution is 0.168. The van der Waals surface area contributed by atoms with E-state index < -0.39 is 0 Å². The van der Waals surface area contributed by atoms with Crippen LogP contribution in [0.25, 0.3) is 0 Å². The Labute approximate surface area is 42.2 Å². The van der Waals surface area contributed by atoms with Gasteiger partial charge >= 0.3 is 0 Å². The van der Waals surface area contributed by atoms with Crippen LogP contribution in [-0.4, -0.2) is 12.2 Å². The van der Waals surface area contributed by atoms with E-state index in [1.165, 1.54) is 0 Å². The first-order valence-corrected chi connectivity index (χ1v) is 2.59. The molecule has 0 aromatic rings. The standard InChI is InChI=1S/C4H7ClO/c5-4-2-1-3-6-4/h4H,1-3H2/t4-/m0/s1. The van der Waals surface area contributed by atoms with Crippen LogP contribution >= 0.6 is 11.6 Å². The van der Waals surface area contributed by atoms with Gasteiger partial charge in [-0.25, -0.2) is 0 Å². The second-order valence-corrected chi connectivity index (χ2v) is 1.91. The Kier molecular flexibility index (Phi) is 1.33. The van der Waals surface area contributed by atoms with Gasteiger partial charge in [0.2, 0.25) is 0 Å². The van der Waals surface area contributed by atoms with Gasteiger partial charge in [0.25, 0.3) is 0 Å². The maximum Gasteiger partial charge on any atom is 0.131 e. The zero-order valence-electron chi connectivity index (χ0n) is 3.48. The van der Waals surface area contributed by atoms with Crippen LogP contribution in [0.5, 0.6) is 0 Å². The van der Waals surface area contributed by atoms with E-state index in [9.17, 15) is 0 Å². The molecular formula is C4H7ClO.